The average molecular weight is 330 g/mol. The van der Waals surface area contributed by atoms with Gasteiger partial charge in [0.15, 0.2) is 6.61 Å². The highest BCUT2D eigenvalue weighted by Gasteiger charge is 2.28. The third-order valence-electron chi connectivity index (χ3n) is 2.78. The van der Waals surface area contributed by atoms with Gasteiger partial charge in [-0.2, -0.15) is 13.2 Å². The summed E-state index contributed by atoms with van der Waals surface area (Å²) in [5.41, 5.74) is 0.842. The molecule has 0 fully saturated rings. The Kier molecular flexibility index (Phi) is 6.18. The maximum absolute atomic E-state index is 12.1. The van der Waals surface area contributed by atoms with E-state index in [1.165, 1.54) is 30.1 Å². The number of halogens is 3. The highest BCUT2D eigenvalue weighted by Crippen LogP contribution is 2.24. The number of benzene rings is 1. The third kappa shape index (κ3) is 6.41. The van der Waals surface area contributed by atoms with Crippen LogP contribution >= 0.6 is 0 Å². The summed E-state index contributed by atoms with van der Waals surface area (Å²) in [5, 5.41) is 2.55. The van der Waals surface area contributed by atoms with E-state index in [0.717, 1.165) is 6.08 Å². The fraction of sp³-hybridized carbons (Fsp3) is 0.333. The first-order valence-corrected chi connectivity index (χ1v) is 6.60. The van der Waals surface area contributed by atoms with Gasteiger partial charge in [-0.1, -0.05) is 6.58 Å². The largest absolute Gasteiger partial charge is 0.484 e. The van der Waals surface area contributed by atoms with Gasteiger partial charge in [-0.15, -0.1) is 0 Å². The molecule has 0 aliphatic heterocycles. The summed E-state index contributed by atoms with van der Waals surface area (Å²) in [7, 11) is 1.45. The molecule has 0 aromatic heterocycles. The molecule has 23 heavy (non-hydrogen) atoms. The van der Waals surface area contributed by atoms with Crippen molar-refractivity contribution in [2.45, 2.75) is 13.1 Å². The van der Waals surface area contributed by atoms with E-state index in [-0.39, 0.29) is 12.3 Å². The van der Waals surface area contributed by atoms with Crippen molar-refractivity contribution in [3.63, 3.8) is 0 Å². The summed E-state index contributed by atoms with van der Waals surface area (Å²) in [6, 6.07) is 4.25. The third-order valence-corrected chi connectivity index (χ3v) is 2.78. The molecule has 5 nitrogen and oxygen atoms in total. The average Bonchev–Trinajstić information content (AvgIpc) is 2.44. The smallest absolute Gasteiger partial charge is 0.422 e. The molecule has 0 saturated carbocycles. The van der Waals surface area contributed by atoms with E-state index in [1.54, 1.807) is 6.92 Å². The zero-order chi connectivity index (χ0) is 17.6. The molecule has 1 aromatic rings. The number of ether oxygens (including phenoxy) is 1. The van der Waals surface area contributed by atoms with Gasteiger partial charge in [0, 0.05) is 12.7 Å². The summed E-state index contributed by atoms with van der Waals surface area (Å²) < 4.78 is 41.0. The van der Waals surface area contributed by atoms with E-state index < -0.39 is 24.6 Å². The lowest BCUT2D eigenvalue weighted by atomic mass is 10.2. The first-order chi connectivity index (χ1) is 10.6. The van der Waals surface area contributed by atoms with Gasteiger partial charge in [-0.25, -0.2) is 0 Å². The molecule has 0 saturated heterocycles. The molecule has 8 heteroatoms. The van der Waals surface area contributed by atoms with Crippen LogP contribution in [0.4, 0.5) is 18.9 Å². The van der Waals surface area contributed by atoms with Crippen molar-refractivity contribution >= 4 is 17.5 Å². The minimum atomic E-state index is -4.42. The van der Waals surface area contributed by atoms with Crippen LogP contribution in [0.1, 0.15) is 5.56 Å². The van der Waals surface area contributed by atoms with Crippen molar-refractivity contribution < 1.29 is 27.5 Å². The number of nitrogens with zero attached hydrogens (tertiary/aromatic N) is 1. The van der Waals surface area contributed by atoms with Gasteiger partial charge in [0.1, 0.15) is 5.75 Å². The molecule has 126 valence electrons. The van der Waals surface area contributed by atoms with Crippen LogP contribution in [0.15, 0.2) is 30.9 Å². The van der Waals surface area contributed by atoms with Crippen molar-refractivity contribution in [1.29, 1.82) is 0 Å². The predicted molar refractivity (Wildman–Crippen MR) is 79.2 cm³/mol. The maximum Gasteiger partial charge on any atom is 0.422 e. The number of likely N-dealkylation sites (N-methyl/N-ethyl adjacent to an activating group) is 1. The minimum absolute atomic E-state index is 0.0827. The van der Waals surface area contributed by atoms with Crippen LogP contribution in [0, 0.1) is 6.92 Å². The van der Waals surface area contributed by atoms with Gasteiger partial charge in [0.25, 0.3) is 0 Å². The Labute approximate surface area is 131 Å². The van der Waals surface area contributed by atoms with Crippen molar-refractivity contribution in [2.24, 2.45) is 0 Å². The fourth-order valence-corrected chi connectivity index (χ4v) is 1.70. The number of rotatable bonds is 6. The van der Waals surface area contributed by atoms with Crippen LogP contribution in [0.3, 0.4) is 0 Å². The number of carbonyl (C=O) groups excluding carboxylic acids is 2. The summed E-state index contributed by atoms with van der Waals surface area (Å²) in [4.78, 5) is 24.2. The van der Waals surface area contributed by atoms with E-state index in [0.29, 0.717) is 11.3 Å². The van der Waals surface area contributed by atoms with Gasteiger partial charge in [0.2, 0.25) is 11.8 Å². The number of nitrogens with one attached hydrogen (secondary N) is 1. The number of alkyl halides is 3. The summed E-state index contributed by atoms with van der Waals surface area (Å²) in [5.74, 6) is -0.752. The summed E-state index contributed by atoms with van der Waals surface area (Å²) in [6.45, 7) is 3.32. The summed E-state index contributed by atoms with van der Waals surface area (Å²) >= 11 is 0. The molecule has 0 aliphatic carbocycles. The van der Waals surface area contributed by atoms with E-state index >= 15 is 0 Å². The lowest BCUT2D eigenvalue weighted by Gasteiger charge is -2.15. The van der Waals surface area contributed by atoms with Crippen LogP contribution in [-0.4, -0.2) is 43.1 Å². The number of carbonyl (C=O) groups is 2. The molecule has 2 amide bonds. The fourth-order valence-electron chi connectivity index (χ4n) is 1.70. The first kappa shape index (κ1) is 18.5. The van der Waals surface area contributed by atoms with E-state index in [2.05, 4.69) is 16.6 Å². The number of amides is 2. The maximum atomic E-state index is 12.1. The number of hydrogen-bond acceptors (Lipinski definition) is 3. The molecule has 1 rings (SSSR count). The molecule has 0 aliphatic rings. The van der Waals surface area contributed by atoms with Crippen LogP contribution in [0.5, 0.6) is 5.75 Å². The topological polar surface area (TPSA) is 58.6 Å². The van der Waals surface area contributed by atoms with Gasteiger partial charge >= 0.3 is 6.18 Å². The second-order valence-corrected chi connectivity index (χ2v) is 4.83. The quantitative estimate of drug-likeness (QED) is 0.816. The molecule has 1 aromatic carbocycles. The van der Waals surface area contributed by atoms with Crippen LogP contribution < -0.4 is 10.1 Å². The standard InChI is InChI=1S/C15H17F3N2O3/c1-4-14(22)20(3)8-13(21)19-11-5-6-12(10(2)7-11)23-9-15(16,17)18/h4-7H,1,8-9H2,2-3H3,(H,19,21). The Balaban J connectivity index is 2.65. The SMILES string of the molecule is C=CC(=O)N(C)CC(=O)Nc1ccc(OCC(F)(F)F)c(C)c1. The van der Waals surface area contributed by atoms with Crippen molar-refractivity contribution in [3.8, 4) is 5.75 Å². The molecular weight excluding hydrogens is 313 g/mol. The van der Waals surface area contributed by atoms with Crippen LogP contribution in [0.25, 0.3) is 0 Å². The molecule has 0 radical (unpaired) electrons. The minimum Gasteiger partial charge on any atom is -0.484 e. The normalized spacial score (nSPS) is 10.8. The molecule has 0 spiro atoms. The van der Waals surface area contributed by atoms with Crippen LogP contribution in [-0.2, 0) is 9.59 Å². The van der Waals surface area contributed by atoms with Gasteiger partial charge in [-0.3, -0.25) is 9.59 Å². The lowest BCUT2D eigenvalue weighted by Crippen LogP contribution is -2.33. The predicted octanol–water partition coefficient (Wildman–Crippen LogP) is 2.52. The highest BCUT2D eigenvalue weighted by molar-refractivity contribution is 5.96. The van der Waals surface area contributed by atoms with E-state index in [9.17, 15) is 22.8 Å². The van der Waals surface area contributed by atoms with E-state index in [4.69, 9.17) is 0 Å². The number of aryl methyl sites for hydroxylation is 1. The van der Waals surface area contributed by atoms with Gasteiger partial charge in [-0.05, 0) is 36.8 Å². The molecular formula is C15H17F3N2O3. The monoisotopic (exact) mass is 330 g/mol. The van der Waals surface area contributed by atoms with Crippen molar-refractivity contribution in [1.82, 2.24) is 4.90 Å². The van der Waals surface area contributed by atoms with E-state index in [1.807, 2.05) is 0 Å². The number of hydrogen-bond donors (Lipinski definition) is 1. The molecule has 0 unspecified atom stereocenters. The second-order valence-electron chi connectivity index (χ2n) is 4.83. The van der Waals surface area contributed by atoms with Crippen molar-refractivity contribution in [2.75, 3.05) is 25.5 Å². The zero-order valence-electron chi connectivity index (χ0n) is 12.7. The summed E-state index contributed by atoms with van der Waals surface area (Å²) in [6.07, 6.45) is -3.33. The van der Waals surface area contributed by atoms with Crippen molar-refractivity contribution in [3.05, 3.63) is 36.4 Å². The Bertz CT molecular complexity index is 600. The Morgan fingerprint density at radius 1 is 1.39 bits per heavy atom. The lowest BCUT2D eigenvalue weighted by molar-refractivity contribution is -0.153. The number of anilines is 1. The zero-order valence-corrected chi connectivity index (χ0v) is 12.7. The molecule has 0 heterocycles. The molecule has 0 bridgehead atoms. The molecule has 0 atom stereocenters. The Hall–Kier alpha value is -2.51. The Morgan fingerprint density at radius 3 is 2.57 bits per heavy atom. The van der Waals surface area contributed by atoms with Gasteiger partial charge < -0.3 is 15.0 Å². The van der Waals surface area contributed by atoms with Gasteiger partial charge in [0.05, 0.1) is 6.54 Å². The highest BCUT2D eigenvalue weighted by atomic mass is 19.4. The second kappa shape index (κ2) is 7.66. The molecule has 1 N–H and O–H groups in total. The first-order valence-electron chi connectivity index (χ1n) is 6.60. The van der Waals surface area contributed by atoms with Crippen LogP contribution in [0.2, 0.25) is 0 Å². The Morgan fingerprint density at radius 2 is 2.04 bits per heavy atom.